The summed E-state index contributed by atoms with van der Waals surface area (Å²) >= 11 is 5.09. The molecule has 0 atom stereocenters. The van der Waals surface area contributed by atoms with E-state index in [-0.39, 0.29) is 4.90 Å². The lowest BCUT2D eigenvalue weighted by atomic mass is 10.4. The van der Waals surface area contributed by atoms with Gasteiger partial charge in [0.25, 0.3) is 10.1 Å². The monoisotopic (exact) mass is 362 g/mol. The largest absolute Gasteiger partial charge is 0.294 e. The van der Waals surface area contributed by atoms with E-state index >= 15 is 0 Å². The van der Waals surface area contributed by atoms with Crippen LogP contribution in [0, 0.1) is 3.57 Å². The maximum Gasteiger partial charge on any atom is 0.294 e. The zero-order valence-electron chi connectivity index (χ0n) is 5.66. The van der Waals surface area contributed by atoms with Crippen LogP contribution in [0.25, 0.3) is 0 Å². The average molecular weight is 363 g/mol. The molecule has 66 valence electrons. The molecule has 0 fully saturated rings. The third kappa shape index (κ3) is 2.68. The highest BCUT2D eigenvalue weighted by molar-refractivity contribution is 14.1. The number of halogens is 2. The summed E-state index contributed by atoms with van der Waals surface area (Å²) in [5, 5.41) is 0. The lowest BCUT2D eigenvalue weighted by Crippen LogP contribution is -1.98. The number of hydrogen-bond donors (Lipinski definition) is 1. The van der Waals surface area contributed by atoms with Crippen LogP contribution in [0.2, 0.25) is 0 Å². The molecule has 3 nitrogen and oxygen atoms in total. The van der Waals surface area contributed by atoms with E-state index in [2.05, 4.69) is 15.9 Å². The first kappa shape index (κ1) is 10.4. The van der Waals surface area contributed by atoms with Crippen LogP contribution < -0.4 is 0 Å². The van der Waals surface area contributed by atoms with Gasteiger partial charge in [0.05, 0.1) is 4.90 Å². The van der Waals surface area contributed by atoms with Crippen molar-refractivity contribution < 1.29 is 13.0 Å². The first-order chi connectivity index (χ1) is 5.39. The minimum absolute atomic E-state index is 0.0960. The Labute approximate surface area is 92.2 Å². The zero-order chi connectivity index (χ0) is 9.35. The van der Waals surface area contributed by atoms with Gasteiger partial charge < -0.3 is 0 Å². The van der Waals surface area contributed by atoms with Gasteiger partial charge in [0.1, 0.15) is 0 Å². The average Bonchev–Trinajstić information content (AvgIpc) is 1.82. The summed E-state index contributed by atoms with van der Waals surface area (Å²) in [7, 11) is -4.08. The van der Waals surface area contributed by atoms with Gasteiger partial charge in [-0.15, -0.1) is 0 Å². The highest BCUT2D eigenvalue weighted by Gasteiger charge is 2.10. The van der Waals surface area contributed by atoms with E-state index < -0.39 is 10.1 Å². The van der Waals surface area contributed by atoms with Crippen molar-refractivity contribution in [3.05, 3.63) is 26.2 Å². The maximum atomic E-state index is 10.7. The summed E-state index contributed by atoms with van der Waals surface area (Å²) < 4.78 is 31.4. The third-order valence-corrected chi connectivity index (χ3v) is 3.05. The fourth-order valence-corrected chi connectivity index (χ4v) is 3.18. The second kappa shape index (κ2) is 3.60. The smallest absolute Gasteiger partial charge is 0.282 e. The van der Waals surface area contributed by atoms with Gasteiger partial charge in [0, 0.05) is 8.04 Å². The molecular formula is C6H4BrIO3S. The van der Waals surface area contributed by atoms with Gasteiger partial charge in [-0.2, -0.15) is 8.42 Å². The Morgan fingerprint density at radius 1 is 1.33 bits per heavy atom. The van der Waals surface area contributed by atoms with Crippen LogP contribution in [0.5, 0.6) is 0 Å². The van der Waals surface area contributed by atoms with Gasteiger partial charge >= 0.3 is 0 Å². The van der Waals surface area contributed by atoms with Crippen LogP contribution >= 0.6 is 38.5 Å². The van der Waals surface area contributed by atoms with Gasteiger partial charge in [-0.3, -0.25) is 4.55 Å². The molecule has 0 aromatic heterocycles. The van der Waals surface area contributed by atoms with E-state index in [1.807, 2.05) is 22.6 Å². The quantitative estimate of drug-likeness (QED) is 0.616. The molecule has 1 aromatic carbocycles. The van der Waals surface area contributed by atoms with E-state index in [0.29, 0.717) is 4.47 Å². The fourth-order valence-electron chi connectivity index (χ4n) is 0.677. The molecular weight excluding hydrogens is 359 g/mol. The Balaban J connectivity index is 3.37. The summed E-state index contributed by atoms with van der Waals surface area (Å²) in [6.07, 6.45) is 0. The predicted octanol–water partition coefficient (Wildman–Crippen LogP) is 2.30. The first-order valence-corrected chi connectivity index (χ1v) is 6.14. The lowest BCUT2D eigenvalue weighted by Gasteiger charge is -1.98. The zero-order valence-corrected chi connectivity index (χ0v) is 10.2. The van der Waals surface area contributed by atoms with Crippen LogP contribution in [0.15, 0.2) is 27.6 Å². The Morgan fingerprint density at radius 3 is 2.33 bits per heavy atom. The molecule has 0 amide bonds. The van der Waals surface area contributed by atoms with E-state index in [0.717, 1.165) is 3.57 Å². The van der Waals surface area contributed by atoms with Crippen LogP contribution in [0.3, 0.4) is 0 Å². The number of hydrogen-bond acceptors (Lipinski definition) is 2. The van der Waals surface area contributed by atoms with Crippen LogP contribution in [-0.2, 0) is 10.1 Å². The van der Waals surface area contributed by atoms with Gasteiger partial charge in [0.2, 0.25) is 0 Å². The summed E-state index contributed by atoms with van der Waals surface area (Å²) in [6.45, 7) is 0. The molecule has 0 unspecified atom stereocenters. The summed E-state index contributed by atoms with van der Waals surface area (Å²) in [6, 6.07) is 4.48. The third-order valence-electron chi connectivity index (χ3n) is 1.13. The molecule has 1 N–H and O–H groups in total. The second-order valence-corrected chi connectivity index (χ2v) is 5.66. The molecule has 0 aliphatic carbocycles. The SMILES string of the molecule is O=S(=O)(O)c1cc(Br)cc(I)c1. The Morgan fingerprint density at radius 2 is 1.92 bits per heavy atom. The van der Waals surface area contributed by atoms with Crippen molar-refractivity contribution in [2.45, 2.75) is 4.90 Å². The van der Waals surface area contributed by atoms with Crippen molar-refractivity contribution in [3.63, 3.8) is 0 Å². The molecule has 1 rings (SSSR count). The highest BCUT2D eigenvalue weighted by atomic mass is 127. The molecule has 0 radical (unpaired) electrons. The second-order valence-electron chi connectivity index (χ2n) is 2.08. The van der Waals surface area contributed by atoms with Crippen molar-refractivity contribution in [1.82, 2.24) is 0 Å². The molecule has 6 heteroatoms. The molecule has 0 bridgehead atoms. The fraction of sp³-hybridized carbons (Fsp3) is 0. The molecule has 1 aromatic rings. The van der Waals surface area contributed by atoms with Crippen molar-refractivity contribution in [3.8, 4) is 0 Å². The molecule has 12 heavy (non-hydrogen) atoms. The van der Waals surface area contributed by atoms with E-state index in [1.54, 1.807) is 6.07 Å². The molecule has 0 aliphatic heterocycles. The summed E-state index contributed by atoms with van der Waals surface area (Å²) in [4.78, 5) is -0.0960. The molecule has 0 saturated carbocycles. The molecule has 0 spiro atoms. The van der Waals surface area contributed by atoms with Crippen LogP contribution in [-0.4, -0.2) is 13.0 Å². The van der Waals surface area contributed by atoms with Gasteiger partial charge in [-0.25, -0.2) is 0 Å². The van der Waals surface area contributed by atoms with Crippen LogP contribution in [0.4, 0.5) is 0 Å². The minimum atomic E-state index is -4.08. The lowest BCUT2D eigenvalue weighted by molar-refractivity contribution is 0.483. The minimum Gasteiger partial charge on any atom is -0.282 e. The number of rotatable bonds is 1. The summed E-state index contributed by atoms with van der Waals surface area (Å²) in [5.74, 6) is 0. The van der Waals surface area contributed by atoms with E-state index in [1.165, 1.54) is 12.1 Å². The van der Waals surface area contributed by atoms with Crippen molar-refractivity contribution >= 4 is 48.6 Å². The molecule has 0 aliphatic rings. The standard InChI is InChI=1S/C6H4BrIO3S/c7-4-1-5(8)3-6(2-4)12(9,10)11/h1-3H,(H,9,10,11). The normalized spacial score (nSPS) is 11.6. The molecule has 0 heterocycles. The molecule has 0 saturated heterocycles. The van der Waals surface area contributed by atoms with Gasteiger partial charge in [-0.05, 0) is 40.8 Å². The summed E-state index contributed by atoms with van der Waals surface area (Å²) in [5.41, 5.74) is 0. The number of benzene rings is 1. The maximum absolute atomic E-state index is 10.7. The van der Waals surface area contributed by atoms with E-state index in [4.69, 9.17) is 4.55 Å². The first-order valence-electron chi connectivity index (χ1n) is 2.83. The Hall–Kier alpha value is 0.340. The Bertz CT molecular complexity index is 381. The van der Waals surface area contributed by atoms with E-state index in [9.17, 15) is 8.42 Å². The van der Waals surface area contributed by atoms with Gasteiger partial charge in [-0.1, -0.05) is 15.9 Å². The highest BCUT2D eigenvalue weighted by Crippen LogP contribution is 2.20. The Kier molecular flexibility index (Phi) is 3.13. The van der Waals surface area contributed by atoms with Crippen molar-refractivity contribution in [2.75, 3.05) is 0 Å². The topological polar surface area (TPSA) is 54.4 Å². The van der Waals surface area contributed by atoms with Crippen molar-refractivity contribution in [1.29, 1.82) is 0 Å². The van der Waals surface area contributed by atoms with Gasteiger partial charge in [0.15, 0.2) is 0 Å². The predicted molar refractivity (Wildman–Crippen MR) is 56.7 cm³/mol. The van der Waals surface area contributed by atoms with Crippen molar-refractivity contribution in [2.24, 2.45) is 0 Å². The van der Waals surface area contributed by atoms with Crippen LogP contribution in [0.1, 0.15) is 0 Å².